The van der Waals surface area contributed by atoms with Crippen molar-refractivity contribution in [3.8, 4) is 0 Å². The van der Waals surface area contributed by atoms with Crippen LogP contribution < -0.4 is 5.32 Å². The number of esters is 1. The van der Waals surface area contributed by atoms with Crippen LogP contribution in [0, 0.1) is 5.92 Å². The zero-order valence-electron chi connectivity index (χ0n) is 15.8. The molecule has 2 N–H and O–H groups in total. The highest BCUT2D eigenvalue weighted by atomic mass is 16.7. The van der Waals surface area contributed by atoms with Crippen molar-refractivity contribution in [3.05, 3.63) is 47.2 Å². The number of epoxide rings is 1. The number of fused-ring (bicyclic) bond motifs is 5. The zero-order valence-corrected chi connectivity index (χ0v) is 15.8. The Labute approximate surface area is 169 Å². The number of cyclic esters (lactones) is 1. The van der Waals surface area contributed by atoms with Crippen LogP contribution in [-0.2, 0) is 25.6 Å². The molecule has 4 aliphatic heterocycles. The first-order valence-electron chi connectivity index (χ1n) is 9.58. The van der Waals surface area contributed by atoms with Gasteiger partial charge in [-0.05, 0) is 25.1 Å². The second-order valence-corrected chi connectivity index (χ2v) is 7.85. The van der Waals surface area contributed by atoms with Crippen LogP contribution in [0.2, 0.25) is 0 Å². The highest BCUT2D eigenvalue weighted by Crippen LogP contribution is 2.51. The van der Waals surface area contributed by atoms with Crippen molar-refractivity contribution < 1.29 is 33.5 Å². The average Bonchev–Trinajstić information content (AvgIpc) is 3.24. The monoisotopic (exact) mass is 406 g/mol. The molecule has 1 aromatic heterocycles. The molecule has 1 spiro atoms. The van der Waals surface area contributed by atoms with E-state index in [4.69, 9.17) is 19.6 Å². The average molecular weight is 406 g/mol. The second kappa shape index (κ2) is 5.51. The summed E-state index contributed by atoms with van der Waals surface area (Å²) < 4.78 is 12.5. The van der Waals surface area contributed by atoms with E-state index in [2.05, 4.69) is 5.32 Å². The van der Waals surface area contributed by atoms with Gasteiger partial charge < -0.3 is 14.6 Å². The third-order valence-corrected chi connectivity index (χ3v) is 6.26. The summed E-state index contributed by atoms with van der Waals surface area (Å²) in [5.74, 6) is -1.17. The summed E-state index contributed by atoms with van der Waals surface area (Å²) in [5.41, 5.74) is 2.60. The van der Waals surface area contributed by atoms with Gasteiger partial charge in [0.05, 0.1) is 16.8 Å². The molecule has 9 nitrogen and oxygen atoms in total. The second-order valence-electron chi connectivity index (χ2n) is 7.85. The number of nitrogens with one attached hydrogen (secondary N) is 1. The van der Waals surface area contributed by atoms with E-state index in [1.165, 1.54) is 0 Å². The van der Waals surface area contributed by atoms with E-state index in [1.807, 2.05) is 12.1 Å². The molecule has 2 saturated heterocycles. The number of ether oxygens (including phenoxy) is 2. The smallest absolute Gasteiger partial charge is 0.409 e. The van der Waals surface area contributed by atoms with Gasteiger partial charge in [0.25, 0.3) is 0 Å². The summed E-state index contributed by atoms with van der Waals surface area (Å²) in [6, 6.07) is 7.03. The number of carbonyl (C=O) groups is 3. The first-order valence-corrected chi connectivity index (χ1v) is 9.58. The number of aromatic nitrogens is 1. The van der Waals surface area contributed by atoms with E-state index >= 15 is 0 Å². The number of hydrogen-bond donors (Lipinski definition) is 2. The summed E-state index contributed by atoms with van der Waals surface area (Å²) in [7, 11) is 0. The van der Waals surface area contributed by atoms with Crippen molar-refractivity contribution in [2.75, 3.05) is 11.9 Å². The van der Waals surface area contributed by atoms with Crippen LogP contribution >= 0.6 is 0 Å². The van der Waals surface area contributed by atoms with E-state index in [0.717, 1.165) is 5.56 Å². The number of rotatable bonds is 1. The van der Waals surface area contributed by atoms with Crippen LogP contribution in [0.4, 0.5) is 10.5 Å². The molecule has 4 aliphatic rings. The van der Waals surface area contributed by atoms with Crippen LogP contribution in [0.15, 0.2) is 35.9 Å². The van der Waals surface area contributed by atoms with Crippen LogP contribution in [0.1, 0.15) is 18.2 Å². The fraction of sp³-hybridized carbons (Fsp3) is 0.286. The van der Waals surface area contributed by atoms with Crippen molar-refractivity contribution in [1.29, 1.82) is 0 Å². The Morgan fingerprint density at radius 3 is 2.90 bits per heavy atom. The Morgan fingerprint density at radius 2 is 2.17 bits per heavy atom. The van der Waals surface area contributed by atoms with Gasteiger partial charge in [0, 0.05) is 17.0 Å². The Balaban J connectivity index is 1.51. The molecule has 0 saturated carbocycles. The molecule has 2 fully saturated rings. The van der Waals surface area contributed by atoms with Crippen molar-refractivity contribution in [3.63, 3.8) is 0 Å². The Hall–Kier alpha value is -3.59. The number of carboxylic acid groups (broad SMARTS) is 1. The number of anilines is 1. The number of carbonyl (C=O) groups excluding carboxylic acids is 2. The Morgan fingerprint density at radius 1 is 1.37 bits per heavy atom. The molecule has 0 bridgehead atoms. The maximum atomic E-state index is 13.2. The number of allylic oxidation sites excluding steroid dienone is 1. The first-order chi connectivity index (χ1) is 14.4. The van der Waals surface area contributed by atoms with Gasteiger partial charge in [-0.3, -0.25) is 5.32 Å². The fourth-order valence-corrected chi connectivity index (χ4v) is 4.77. The summed E-state index contributed by atoms with van der Waals surface area (Å²) in [5, 5.41) is 12.1. The van der Waals surface area contributed by atoms with Gasteiger partial charge in [0.1, 0.15) is 24.3 Å². The van der Waals surface area contributed by atoms with Crippen molar-refractivity contribution >= 4 is 40.3 Å². The van der Waals surface area contributed by atoms with Gasteiger partial charge >= 0.3 is 18.0 Å². The molecular weight excluding hydrogens is 390 g/mol. The molecular formula is C21H16N3O6+. The Kier molecular flexibility index (Phi) is 3.18. The molecule has 6 rings (SSSR count). The highest BCUT2D eigenvalue weighted by molar-refractivity contribution is 6.13. The lowest BCUT2D eigenvalue weighted by atomic mass is 9.80. The molecule has 1 aromatic carbocycles. The largest absolute Gasteiger partial charge is 0.465 e. The molecule has 30 heavy (non-hydrogen) atoms. The highest BCUT2D eigenvalue weighted by Gasteiger charge is 2.70. The lowest BCUT2D eigenvalue weighted by Crippen LogP contribution is -2.49. The van der Waals surface area contributed by atoms with E-state index in [1.54, 1.807) is 29.7 Å². The maximum Gasteiger partial charge on any atom is 0.409 e. The summed E-state index contributed by atoms with van der Waals surface area (Å²) in [6.07, 6.45) is 0.349. The maximum absolute atomic E-state index is 13.2. The van der Waals surface area contributed by atoms with Crippen molar-refractivity contribution in [2.45, 2.75) is 25.2 Å². The minimum absolute atomic E-state index is 0.00351. The van der Waals surface area contributed by atoms with Gasteiger partial charge in [0.2, 0.25) is 11.3 Å². The third-order valence-electron chi connectivity index (χ3n) is 6.26. The van der Waals surface area contributed by atoms with Crippen molar-refractivity contribution in [1.82, 2.24) is 4.98 Å². The van der Waals surface area contributed by atoms with E-state index in [9.17, 15) is 14.4 Å². The minimum Gasteiger partial charge on any atom is -0.465 e. The minimum atomic E-state index is -1.17. The molecule has 9 heteroatoms. The molecule has 5 heterocycles. The van der Waals surface area contributed by atoms with Crippen LogP contribution in [0.25, 0.3) is 10.9 Å². The third kappa shape index (κ3) is 2.07. The van der Waals surface area contributed by atoms with E-state index < -0.39 is 23.6 Å². The molecule has 0 aliphatic carbocycles. The number of amides is 2. The fourth-order valence-electron chi connectivity index (χ4n) is 4.77. The lowest BCUT2D eigenvalue weighted by molar-refractivity contribution is -0.463. The zero-order chi connectivity index (χ0) is 20.8. The normalized spacial score (nSPS) is 28.6. The van der Waals surface area contributed by atoms with Gasteiger partial charge in [0.15, 0.2) is 6.54 Å². The quantitative estimate of drug-likeness (QED) is 0.418. The van der Waals surface area contributed by atoms with Crippen LogP contribution in [-0.4, -0.2) is 56.7 Å². The molecule has 2 amide bonds. The molecule has 3 atom stereocenters. The number of benzene rings is 1. The van der Waals surface area contributed by atoms with E-state index in [-0.39, 0.29) is 18.6 Å². The molecule has 3 unspecified atom stereocenters. The molecule has 150 valence electrons. The summed E-state index contributed by atoms with van der Waals surface area (Å²) in [4.78, 5) is 41.5. The van der Waals surface area contributed by atoms with Gasteiger partial charge in [-0.15, -0.1) is 0 Å². The topological polar surface area (TPSA) is 121 Å². The predicted molar refractivity (Wildman–Crippen MR) is 102 cm³/mol. The number of nitrogens with zero attached hydrogens (tertiary/aromatic N) is 2. The lowest BCUT2D eigenvalue weighted by Gasteiger charge is -2.28. The van der Waals surface area contributed by atoms with E-state index in [0.29, 0.717) is 40.1 Å². The molecule has 0 radical (unpaired) electrons. The predicted octanol–water partition coefficient (Wildman–Crippen LogP) is 1.44. The van der Waals surface area contributed by atoms with Gasteiger partial charge in [-0.25, -0.2) is 19.4 Å². The standard InChI is InChI=1S/C21H15N3O6/c1-9-21(30-9)13-6-16-17-10(7-24(16)18(25)12(13)8-29-19(21)26)5-11-14(22-17)3-2-4-15(11)23-20(27)28/h2-6,9,12H,7-8H2,1H3,(H-,22,23,27,28)/p+1. The SMILES string of the molecule is CC1OC12C(=O)OCC1C(=O)[N+]3=C(C=C12)c1nc2cccc(NC(=O)O)c2cc1C3. The molecule has 2 aromatic rings. The summed E-state index contributed by atoms with van der Waals surface area (Å²) >= 11 is 0. The summed E-state index contributed by atoms with van der Waals surface area (Å²) in [6.45, 7) is 2.12. The Bertz CT molecular complexity index is 1280. The van der Waals surface area contributed by atoms with Crippen molar-refractivity contribution in [2.24, 2.45) is 5.92 Å². The first kappa shape index (κ1) is 17.3. The van der Waals surface area contributed by atoms with Crippen LogP contribution in [0.3, 0.4) is 0 Å². The van der Waals surface area contributed by atoms with Crippen LogP contribution in [0.5, 0.6) is 0 Å². The number of hydrogen-bond acceptors (Lipinski definition) is 6. The van der Waals surface area contributed by atoms with Gasteiger partial charge in [-0.1, -0.05) is 6.07 Å². The van der Waals surface area contributed by atoms with Gasteiger partial charge in [-0.2, -0.15) is 4.58 Å². The number of pyridine rings is 1.